The van der Waals surface area contributed by atoms with E-state index in [4.69, 9.17) is 5.26 Å². The van der Waals surface area contributed by atoms with E-state index < -0.39 is 25.9 Å². The molecule has 0 aromatic heterocycles. The van der Waals surface area contributed by atoms with Crippen molar-refractivity contribution in [3.05, 3.63) is 29.8 Å². The van der Waals surface area contributed by atoms with Crippen LogP contribution in [-0.4, -0.2) is 45.2 Å². The predicted molar refractivity (Wildman–Crippen MR) is 77.8 cm³/mol. The molecule has 1 fully saturated rings. The molecule has 0 N–H and O–H groups in total. The lowest BCUT2D eigenvalue weighted by Crippen LogP contribution is -2.40. The van der Waals surface area contributed by atoms with E-state index in [-0.39, 0.29) is 22.9 Å². The van der Waals surface area contributed by atoms with E-state index in [1.807, 2.05) is 6.07 Å². The third kappa shape index (κ3) is 3.26. The molecular weight excluding hydrogens is 312 g/mol. The van der Waals surface area contributed by atoms with Crippen LogP contribution in [0.25, 0.3) is 0 Å². The number of nitrogens with zero attached hydrogens (tertiary/aromatic N) is 2. The van der Waals surface area contributed by atoms with Crippen LogP contribution in [0, 0.1) is 11.3 Å². The van der Waals surface area contributed by atoms with Crippen molar-refractivity contribution in [2.24, 2.45) is 0 Å². The molecule has 0 unspecified atom stereocenters. The first-order valence-corrected chi connectivity index (χ1v) is 9.79. The second kappa shape index (κ2) is 5.75. The summed E-state index contributed by atoms with van der Waals surface area (Å²) in [6.07, 6.45) is 0.325. The van der Waals surface area contributed by atoms with Crippen LogP contribution < -0.4 is 0 Å². The van der Waals surface area contributed by atoms with E-state index in [0.717, 1.165) is 0 Å². The average molecular weight is 328 g/mol. The molecule has 0 radical (unpaired) electrons. The van der Waals surface area contributed by atoms with E-state index in [0.29, 0.717) is 12.0 Å². The third-order valence-electron chi connectivity index (χ3n) is 3.52. The number of rotatable bonds is 4. The second-order valence-corrected chi connectivity index (χ2v) is 9.02. The van der Waals surface area contributed by atoms with E-state index in [9.17, 15) is 16.8 Å². The molecule has 1 saturated heterocycles. The minimum absolute atomic E-state index is 0.0249. The Bertz CT molecular complexity index is 761. The summed E-state index contributed by atoms with van der Waals surface area (Å²) in [6, 6.07) is 7.04. The van der Waals surface area contributed by atoms with E-state index in [1.54, 1.807) is 6.92 Å². The topological polar surface area (TPSA) is 95.3 Å². The summed E-state index contributed by atoms with van der Waals surface area (Å²) in [6.45, 7) is 1.90. The molecule has 1 heterocycles. The molecule has 8 heteroatoms. The van der Waals surface area contributed by atoms with Gasteiger partial charge in [-0.1, -0.05) is 6.92 Å². The summed E-state index contributed by atoms with van der Waals surface area (Å²) in [5.41, 5.74) is 0.375. The van der Waals surface area contributed by atoms with Crippen molar-refractivity contribution in [1.82, 2.24) is 4.31 Å². The first-order chi connectivity index (χ1) is 9.80. The molecular formula is C13H16N2O4S2. The van der Waals surface area contributed by atoms with Crippen LogP contribution in [0.15, 0.2) is 29.2 Å². The fourth-order valence-electron chi connectivity index (χ4n) is 2.46. The molecule has 21 heavy (non-hydrogen) atoms. The SMILES string of the molecule is CCN([C@@H]1CCS(=O)(=O)C1)S(=O)(=O)c1ccc(C#N)cc1. The van der Waals surface area contributed by atoms with Gasteiger partial charge in [-0.2, -0.15) is 9.57 Å². The molecule has 0 spiro atoms. The van der Waals surface area contributed by atoms with Gasteiger partial charge < -0.3 is 0 Å². The largest absolute Gasteiger partial charge is 0.243 e. The van der Waals surface area contributed by atoms with Crippen molar-refractivity contribution in [2.45, 2.75) is 24.3 Å². The Balaban J connectivity index is 2.34. The summed E-state index contributed by atoms with van der Waals surface area (Å²) >= 11 is 0. The third-order valence-corrected chi connectivity index (χ3v) is 7.31. The highest BCUT2D eigenvalue weighted by atomic mass is 32.2. The maximum absolute atomic E-state index is 12.6. The standard InChI is InChI=1S/C13H16N2O4S2/c1-2-15(12-7-8-20(16,17)10-12)21(18,19)13-5-3-11(9-14)4-6-13/h3-6,12H,2,7-8,10H2,1H3/t12-/m1/s1. The van der Waals surface area contributed by atoms with Gasteiger partial charge in [-0.3, -0.25) is 0 Å². The minimum Gasteiger partial charge on any atom is -0.229 e. The maximum Gasteiger partial charge on any atom is 0.243 e. The summed E-state index contributed by atoms with van der Waals surface area (Å²) in [4.78, 5) is 0.0765. The molecule has 2 rings (SSSR count). The molecule has 6 nitrogen and oxygen atoms in total. The molecule has 1 aromatic rings. The Labute approximate surface area is 125 Å². The highest BCUT2D eigenvalue weighted by Gasteiger charge is 2.37. The number of hydrogen-bond donors (Lipinski definition) is 0. The normalized spacial score (nSPS) is 21.3. The molecule has 1 atom stereocenters. The van der Waals surface area contributed by atoms with Crippen LogP contribution >= 0.6 is 0 Å². The van der Waals surface area contributed by atoms with Gasteiger partial charge in [0, 0.05) is 12.6 Å². The summed E-state index contributed by atoms with van der Waals surface area (Å²) < 4.78 is 49.6. The van der Waals surface area contributed by atoms with Gasteiger partial charge in [-0.05, 0) is 30.7 Å². The monoisotopic (exact) mass is 328 g/mol. The van der Waals surface area contributed by atoms with Gasteiger partial charge in [0.15, 0.2) is 9.84 Å². The van der Waals surface area contributed by atoms with Crippen molar-refractivity contribution in [3.63, 3.8) is 0 Å². The smallest absolute Gasteiger partial charge is 0.229 e. The fraction of sp³-hybridized carbons (Fsp3) is 0.462. The zero-order valence-electron chi connectivity index (χ0n) is 11.6. The van der Waals surface area contributed by atoms with Crippen LogP contribution in [0.4, 0.5) is 0 Å². The van der Waals surface area contributed by atoms with Gasteiger partial charge in [0.05, 0.1) is 28.0 Å². The highest BCUT2D eigenvalue weighted by Crippen LogP contribution is 2.24. The lowest BCUT2D eigenvalue weighted by molar-refractivity contribution is 0.354. The number of hydrogen-bond acceptors (Lipinski definition) is 5. The van der Waals surface area contributed by atoms with E-state index >= 15 is 0 Å². The number of sulfone groups is 1. The zero-order valence-corrected chi connectivity index (χ0v) is 13.2. The molecule has 0 saturated carbocycles. The van der Waals surface area contributed by atoms with Gasteiger partial charge >= 0.3 is 0 Å². The van der Waals surface area contributed by atoms with Crippen molar-refractivity contribution < 1.29 is 16.8 Å². The van der Waals surface area contributed by atoms with Crippen molar-refractivity contribution in [3.8, 4) is 6.07 Å². The first kappa shape index (κ1) is 15.9. The first-order valence-electron chi connectivity index (χ1n) is 6.52. The summed E-state index contributed by atoms with van der Waals surface area (Å²) in [5, 5.41) is 8.74. The Kier molecular flexibility index (Phi) is 4.37. The molecule has 0 amide bonds. The Morgan fingerprint density at radius 2 is 1.95 bits per heavy atom. The van der Waals surface area contributed by atoms with E-state index in [1.165, 1.54) is 28.6 Å². The van der Waals surface area contributed by atoms with Crippen LogP contribution in [0.2, 0.25) is 0 Å². The van der Waals surface area contributed by atoms with Gasteiger partial charge in [-0.15, -0.1) is 0 Å². The molecule has 0 bridgehead atoms. The van der Waals surface area contributed by atoms with Crippen LogP contribution in [0.1, 0.15) is 18.9 Å². The van der Waals surface area contributed by atoms with Crippen molar-refractivity contribution >= 4 is 19.9 Å². The van der Waals surface area contributed by atoms with Gasteiger partial charge in [0.2, 0.25) is 10.0 Å². The number of benzene rings is 1. The van der Waals surface area contributed by atoms with E-state index in [2.05, 4.69) is 0 Å². The molecule has 1 aliphatic rings. The highest BCUT2D eigenvalue weighted by molar-refractivity contribution is 7.92. The maximum atomic E-state index is 12.6. The number of sulfonamides is 1. The Morgan fingerprint density at radius 1 is 1.33 bits per heavy atom. The quantitative estimate of drug-likeness (QED) is 0.813. The molecule has 1 aromatic carbocycles. The van der Waals surface area contributed by atoms with Gasteiger partial charge in [0.25, 0.3) is 0 Å². The Hall–Kier alpha value is -1.43. The lowest BCUT2D eigenvalue weighted by atomic mass is 10.2. The fourth-order valence-corrected chi connectivity index (χ4v) is 5.95. The molecule has 0 aliphatic carbocycles. The lowest BCUT2D eigenvalue weighted by Gasteiger charge is -2.25. The van der Waals surface area contributed by atoms with Crippen LogP contribution in [0.3, 0.4) is 0 Å². The van der Waals surface area contributed by atoms with Crippen molar-refractivity contribution in [2.75, 3.05) is 18.1 Å². The van der Waals surface area contributed by atoms with Crippen LogP contribution in [-0.2, 0) is 19.9 Å². The molecule has 114 valence electrons. The second-order valence-electron chi connectivity index (χ2n) is 4.90. The Morgan fingerprint density at radius 3 is 2.38 bits per heavy atom. The minimum atomic E-state index is -3.75. The zero-order chi connectivity index (χ0) is 15.7. The molecule has 1 aliphatic heterocycles. The number of nitriles is 1. The predicted octanol–water partition coefficient (Wildman–Crippen LogP) is 0.756. The van der Waals surface area contributed by atoms with Gasteiger partial charge in [0.1, 0.15) is 0 Å². The van der Waals surface area contributed by atoms with Crippen molar-refractivity contribution in [1.29, 1.82) is 5.26 Å². The summed E-state index contributed by atoms with van der Waals surface area (Å²) in [5.74, 6) is -0.104. The average Bonchev–Trinajstić information content (AvgIpc) is 2.79. The van der Waals surface area contributed by atoms with Gasteiger partial charge in [-0.25, -0.2) is 16.8 Å². The summed E-state index contributed by atoms with van der Waals surface area (Å²) in [7, 11) is -6.90. The van der Waals surface area contributed by atoms with Crippen LogP contribution in [0.5, 0.6) is 0 Å².